The van der Waals surface area contributed by atoms with Gasteiger partial charge in [0, 0.05) is 18.5 Å². The van der Waals surface area contributed by atoms with E-state index in [1.807, 2.05) is 14.0 Å². The predicted molar refractivity (Wildman–Crippen MR) is 62.7 cm³/mol. The molecule has 0 aromatic rings. The van der Waals surface area contributed by atoms with Crippen LogP contribution in [0.25, 0.3) is 0 Å². The van der Waals surface area contributed by atoms with Gasteiger partial charge in [0.25, 0.3) is 0 Å². The highest BCUT2D eigenvalue weighted by atomic mass is 16.1. The third-order valence-electron chi connectivity index (χ3n) is 3.32. The van der Waals surface area contributed by atoms with Gasteiger partial charge < -0.3 is 10.6 Å². The van der Waals surface area contributed by atoms with Gasteiger partial charge in [0.15, 0.2) is 0 Å². The van der Waals surface area contributed by atoms with E-state index in [0.29, 0.717) is 6.04 Å². The van der Waals surface area contributed by atoms with Gasteiger partial charge in [-0.25, -0.2) is 0 Å². The van der Waals surface area contributed by atoms with Gasteiger partial charge in [-0.3, -0.25) is 4.79 Å². The molecule has 15 heavy (non-hydrogen) atoms. The predicted octanol–water partition coefficient (Wildman–Crippen LogP) is 1.54. The first-order chi connectivity index (χ1) is 7.13. The van der Waals surface area contributed by atoms with Gasteiger partial charge in [-0.1, -0.05) is 13.8 Å². The van der Waals surface area contributed by atoms with E-state index in [4.69, 9.17) is 0 Å². The lowest BCUT2D eigenvalue weighted by molar-refractivity contribution is -0.125. The molecule has 1 saturated carbocycles. The zero-order valence-corrected chi connectivity index (χ0v) is 10.2. The highest BCUT2D eigenvalue weighted by Crippen LogP contribution is 2.23. The smallest absolute Gasteiger partial charge is 0.224 e. The minimum Gasteiger partial charge on any atom is -0.353 e. The number of amides is 1. The Morgan fingerprint density at radius 1 is 1.33 bits per heavy atom. The summed E-state index contributed by atoms with van der Waals surface area (Å²) < 4.78 is 0. The Kier molecular flexibility index (Phi) is 5.09. The Balaban J connectivity index is 2.25. The lowest BCUT2D eigenvalue weighted by Crippen LogP contribution is -2.42. The summed E-state index contributed by atoms with van der Waals surface area (Å²) >= 11 is 0. The van der Waals surface area contributed by atoms with E-state index in [9.17, 15) is 4.79 Å². The average molecular weight is 212 g/mol. The monoisotopic (exact) mass is 212 g/mol. The third kappa shape index (κ3) is 4.20. The van der Waals surface area contributed by atoms with Gasteiger partial charge in [0.1, 0.15) is 0 Å². The third-order valence-corrected chi connectivity index (χ3v) is 3.32. The second-order valence-electron chi connectivity index (χ2n) is 4.92. The first-order valence-corrected chi connectivity index (χ1v) is 6.08. The van der Waals surface area contributed by atoms with Crippen LogP contribution in [0, 0.1) is 11.8 Å². The molecule has 1 rings (SSSR count). The molecule has 1 amide bonds. The molecule has 0 aromatic carbocycles. The van der Waals surface area contributed by atoms with Crippen molar-refractivity contribution in [2.24, 2.45) is 11.8 Å². The van der Waals surface area contributed by atoms with Crippen LogP contribution < -0.4 is 10.6 Å². The lowest BCUT2D eigenvalue weighted by atomic mass is 9.87. The second kappa shape index (κ2) is 6.11. The van der Waals surface area contributed by atoms with Gasteiger partial charge in [-0.05, 0) is 38.6 Å². The van der Waals surface area contributed by atoms with Crippen LogP contribution in [0.5, 0.6) is 0 Å². The molecule has 3 nitrogen and oxygen atoms in total. The number of carbonyl (C=O) groups is 1. The number of hydrogen-bond acceptors (Lipinski definition) is 2. The first-order valence-electron chi connectivity index (χ1n) is 6.08. The topological polar surface area (TPSA) is 41.1 Å². The molecule has 0 aromatic heterocycles. The van der Waals surface area contributed by atoms with Crippen molar-refractivity contribution in [3.8, 4) is 0 Å². The summed E-state index contributed by atoms with van der Waals surface area (Å²) in [5.41, 5.74) is 0. The molecule has 1 unspecified atom stereocenters. The van der Waals surface area contributed by atoms with Gasteiger partial charge in [0.05, 0.1) is 0 Å². The quantitative estimate of drug-likeness (QED) is 0.742. The Hall–Kier alpha value is -0.570. The molecule has 88 valence electrons. The van der Waals surface area contributed by atoms with Gasteiger partial charge in [-0.15, -0.1) is 0 Å². The van der Waals surface area contributed by atoms with Crippen molar-refractivity contribution in [1.29, 1.82) is 0 Å². The van der Waals surface area contributed by atoms with E-state index >= 15 is 0 Å². The molecular weight excluding hydrogens is 188 g/mol. The fraction of sp³-hybridized carbons (Fsp3) is 0.917. The summed E-state index contributed by atoms with van der Waals surface area (Å²) in [4.78, 5) is 11.7. The Bertz CT molecular complexity index is 198. The summed E-state index contributed by atoms with van der Waals surface area (Å²) in [5, 5.41) is 6.18. The van der Waals surface area contributed by atoms with Crippen molar-refractivity contribution in [3.05, 3.63) is 0 Å². The number of nitrogens with one attached hydrogen (secondary N) is 2. The first kappa shape index (κ1) is 12.5. The van der Waals surface area contributed by atoms with E-state index in [2.05, 4.69) is 17.6 Å². The fourth-order valence-electron chi connectivity index (χ4n) is 2.15. The molecule has 0 aliphatic heterocycles. The summed E-state index contributed by atoms with van der Waals surface area (Å²) in [7, 11) is 1.88. The van der Waals surface area contributed by atoms with Gasteiger partial charge in [-0.2, -0.15) is 0 Å². The highest BCUT2D eigenvalue weighted by Gasteiger charge is 2.21. The Morgan fingerprint density at radius 2 is 1.93 bits per heavy atom. The van der Waals surface area contributed by atoms with Crippen LogP contribution in [0.2, 0.25) is 0 Å². The second-order valence-corrected chi connectivity index (χ2v) is 4.92. The number of rotatable bonds is 4. The van der Waals surface area contributed by atoms with Crippen LogP contribution >= 0.6 is 0 Å². The molecule has 3 heteroatoms. The van der Waals surface area contributed by atoms with Crippen LogP contribution in [-0.4, -0.2) is 25.5 Å². The molecule has 0 spiro atoms. The molecule has 1 atom stereocenters. The largest absolute Gasteiger partial charge is 0.353 e. The maximum Gasteiger partial charge on any atom is 0.224 e. The molecule has 0 bridgehead atoms. The van der Waals surface area contributed by atoms with E-state index in [1.165, 1.54) is 12.8 Å². The molecular formula is C12H24N2O. The molecule has 0 saturated heterocycles. The molecule has 0 radical (unpaired) electrons. The Labute approximate surface area is 93.0 Å². The Morgan fingerprint density at radius 3 is 2.47 bits per heavy atom. The van der Waals surface area contributed by atoms with Crippen LogP contribution in [0.4, 0.5) is 0 Å². The lowest BCUT2D eigenvalue weighted by Gasteiger charge is -2.27. The zero-order chi connectivity index (χ0) is 11.3. The van der Waals surface area contributed by atoms with Gasteiger partial charge in [0.2, 0.25) is 5.91 Å². The van der Waals surface area contributed by atoms with Crippen LogP contribution in [0.15, 0.2) is 0 Å². The summed E-state index contributed by atoms with van der Waals surface area (Å²) in [6.07, 6.45) is 4.81. The maximum absolute atomic E-state index is 11.7. The van der Waals surface area contributed by atoms with E-state index < -0.39 is 0 Å². The van der Waals surface area contributed by atoms with Crippen molar-refractivity contribution in [3.63, 3.8) is 0 Å². The van der Waals surface area contributed by atoms with E-state index in [1.54, 1.807) is 0 Å². The molecule has 1 aliphatic carbocycles. The van der Waals surface area contributed by atoms with Crippen molar-refractivity contribution in [2.75, 3.05) is 13.6 Å². The van der Waals surface area contributed by atoms with Crippen LogP contribution in [0.3, 0.4) is 0 Å². The average Bonchev–Trinajstić information content (AvgIpc) is 2.22. The molecule has 1 fully saturated rings. The van der Waals surface area contributed by atoms with Crippen molar-refractivity contribution in [1.82, 2.24) is 10.6 Å². The minimum atomic E-state index is 0.0781. The van der Waals surface area contributed by atoms with E-state index in [-0.39, 0.29) is 11.8 Å². The molecule has 2 N–H and O–H groups in total. The highest BCUT2D eigenvalue weighted by molar-refractivity contribution is 5.78. The number of carbonyl (C=O) groups excluding carboxylic acids is 1. The fourth-order valence-corrected chi connectivity index (χ4v) is 2.15. The normalized spacial score (nSPS) is 28.5. The van der Waals surface area contributed by atoms with Crippen LogP contribution in [-0.2, 0) is 4.79 Å². The SMILES string of the molecule is CNCC(C)C(=O)NC1CCC(C)CC1. The zero-order valence-electron chi connectivity index (χ0n) is 10.2. The minimum absolute atomic E-state index is 0.0781. The molecule has 0 heterocycles. The van der Waals surface area contributed by atoms with Crippen molar-refractivity contribution < 1.29 is 4.79 Å². The van der Waals surface area contributed by atoms with E-state index in [0.717, 1.165) is 25.3 Å². The van der Waals surface area contributed by atoms with Crippen LogP contribution in [0.1, 0.15) is 39.5 Å². The number of hydrogen-bond donors (Lipinski definition) is 2. The molecule has 1 aliphatic rings. The summed E-state index contributed by atoms with van der Waals surface area (Å²) in [6.45, 7) is 5.02. The van der Waals surface area contributed by atoms with Crippen molar-refractivity contribution in [2.45, 2.75) is 45.6 Å². The maximum atomic E-state index is 11.7. The summed E-state index contributed by atoms with van der Waals surface area (Å²) in [6, 6.07) is 0.424. The standard InChI is InChI=1S/C12H24N2O/c1-9-4-6-11(7-5-9)14-12(15)10(2)8-13-3/h9-11,13H,4-8H2,1-3H3,(H,14,15). The summed E-state index contributed by atoms with van der Waals surface area (Å²) in [5.74, 6) is 1.12. The van der Waals surface area contributed by atoms with Crippen molar-refractivity contribution >= 4 is 5.91 Å². The van der Waals surface area contributed by atoms with Gasteiger partial charge >= 0.3 is 0 Å².